The number of rotatable bonds is 1. The molecule has 1 unspecified atom stereocenters. The molecule has 126 valence electrons. The minimum atomic E-state index is -0.325. The molecule has 0 saturated heterocycles. The van der Waals surface area contributed by atoms with Gasteiger partial charge in [0, 0.05) is 23.7 Å². The molecule has 2 aromatic heterocycles. The molecule has 1 aromatic carbocycles. The lowest BCUT2D eigenvalue weighted by Gasteiger charge is -2.42. The van der Waals surface area contributed by atoms with Gasteiger partial charge in [-0.05, 0) is 37.0 Å². The zero-order chi connectivity index (χ0) is 17.2. The first kappa shape index (κ1) is 14.6. The van der Waals surface area contributed by atoms with Gasteiger partial charge >= 0.3 is 0 Å². The molecular weight excluding hydrogens is 319 g/mol. The number of hydrogen-bond acceptors (Lipinski definition) is 3. The van der Waals surface area contributed by atoms with Crippen LogP contribution in [0.1, 0.15) is 42.6 Å². The Bertz CT molecular complexity index is 1010. The van der Waals surface area contributed by atoms with Gasteiger partial charge in [0.1, 0.15) is 12.1 Å². The van der Waals surface area contributed by atoms with E-state index in [-0.39, 0.29) is 23.3 Å². The maximum atomic E-state index is 13.9. The van der Waals surface area contributed by atoms with Crippen molar-refractivity contribution >= 4 is 16.9 Å². The Morgan fingerprint density at radius 3 is 2.96 bits per heavy atom. The number of carbonyl (C=O) groups excluding carboxylic acids is 1. The van der Waals surface area contributed by atoms with Gasteiger partial charge in [0.05, 0.1) is 23.3 Å². The SMILES string of the molecule is CC(=O)N1C(c2cccc(F)c2)c2[nH]c3cncnc3c2CC12CC2. The number of nitrogens with zero attached hydrogens (tertiary/aromatic N) is 3. The topological polar surface area (TPSA) is 61.9 Å². The van der Waals surface area contributed by atoms with Gasteiger partial charge in [-0.15, -0.1) is 0 Å². The molecule has 3 aromatic rings. The number of hydrogen-bond donors (Lipinski definition) is 1. The summed E-state index contributed by atoms with van der Waals surface area (Å²) in [5.74, 6) is -0.281. The van der Waals surface area contributed by atoms with E-state index in [1.807, 2.05) is 11.0 Å². The van der Waals surface area contributed by atoms with Crippen molar-refractivity contribution in [2.24, 2.45) is 0 Å². The first-order valence-corrected chi connectivity index (χ1v) is 8.45. The predicted molar refractivity (Wildman–Crippen MR) is 90.3 cm³/mol. The van der Waals surface area contributed by atoms with Crippen LogP contribution in [0.2, 0.25) is 0 Å². The first-order chi connectivity index (χ1) is 12.1. The standard InChI is InChI=1S/C19H17FN4O/c1-11(25)24-18(12-3-2-4-13(20)7-12)17-14(8-19(24)5-6-19)16-15(23-17)9-21-10-22-16/h2-4,7,9-10,18,23H,5-6,8H2,1H3. The highest BCUT2D eigenvalue weighted by atomic mass is 19.1. The van der Waals surface area contributed by atoms with E-state index in [4.69, 9.17) is 0 Å². The number of fused-ring (bicyclic) bond motifs is 3. The van der Waals surface area contributed by atoms with E-state index in [9.17, 15) is 9.18 Å². The highest BCUT2D eigenvalue weighted by Gasteiger charge is 2.56. The largest absolute Gasteiger partial charge is 0.354 e. The summed E-state index contributed by atoms with van der Waals surface area (Å²) in [6.45, 7) is 1.60. The molecule has 6 heteroatoms. The van der Waals surface area contributed by atoms with Crippen LogP contribution in [0.4, 0.5) is 4.39 Å². The number of halogens is 1. The average molecular weight is 336 g/mol. The van der Waals surface area contributed by atoms with Crippen molar-refractivity contribution in [2.45, 2.75) is 37.8 Å². The molecule has 5 nitrogen and oxygen atoms in total. The lowest BCUT2D eigenvalue weighted by Crippen LogP contribution is -2.48. The molecular formula is C19H17FN4O. The van der Waals surface area contributed by atoms with E-state index in [1.54, 1.807) is 25.5 Å². The third-order valence-electron chi connectivity index (χ3n) is 5.47. The highest BCUT2D eigenvalue weighted by molar-refractivity contribution is 5.83. The van der Waals surface area contributed by atoms with E-state index in [0.29, 0.717) is 0 Å². The summed E-state index contributed by atoms with van der Waals surface area (Å²) in [5, 5.41) is 0. The van der Waals surface area contributed by atoms with Crippen molar-refractivity contribution in [2.75, 3.05) is 0 Å². The van der Waals surface area contributed by atoms with Crippen molar-refractivity contribution in [3.05, 3.63) is 59.4 Å². The second-order valence-corrected chi connectivity index (χ2v) is 7.05. The van der Waals surface area contributed by atoms with Crippen LogP contribution in [0, 0.1) is 5.82 Å². The van der Waals surface area contributed by atoms with Crippen LogP contribution in [0.5, 0.6) is 0 Å². The van der Waals surface area contributed by atoms with Crippen molar-refractivity contribution in [1.82, 2.24) is 19.9 Å². The van der Waals surface area contributed by atoms with Crippen molar-refractivity contribution < 1.29 is 9.18 Å². The van der Waals surface area contributed by atoms with Crippen LogP contribution >= 0.6 is 0 Å². The molecule has 1 amide bonds. The van der Waals surface area contributed by atoms with Gasteiger partial charge in [-0.1, -0.05) is 12.1 Å². The summed E-state index contributed by atoms with van der Waals surface area (Å²) >= 11 is 0. The van der Waals surface area contributed by atoms with Crippen LogP contribution in [0.3, 0.4) is 0 Å². The molecule has 1 spiro atoms. The Hall–Kier alpha value is -2.76. The molecule has 3 heterocycles. The Labute approximate surface area is 143 Å². The average Bonchev–Trinajstić information content (AvgIpc) is 3.25. The van der Waals surface area contributed by atoms with Gasteiger partial charge in [-0.2, -0.15) is 0 Å². The molecule has 1 aliphatic carbocycles. The number of aromatic nitrogens is 3. The third kappa shape index (κ3) is 2.03. The lowest BCUT2D eigenvalue weighted by molar-refractivity contribution is -0.134. The minimum Gasteiger partial charge on any atom is -0.354 e. The van der Waals surface area contributed by atoms with E-state index >= 15 is 0 Å². The Morgan fingerprint density at radius 2 is 2.24 bits per heavy atom. The van der Waals surface area contributed by atoms with Gasteiger partial charge in [0.2, 0.25) is 5.91 Å². The lowest BCUT2D eigenvalue weighted by atomic mass is 9.87. The smallest absolute Gasteiger partial charge is 0.220 e. The van der Waals surface area contributed by atoms with Crippen LogP contribution in [0.25, 0.3) is 11.0 Å². The zero-order valence-corrected chi connectivity index (χ0v) is 13.8. The second kappa shape index (κ2) is 4.88. The summed E-state index contributed by atoms with van der Waals surface area (Å²) in [6, 6.07) is 6.19. The maximum Gasteiger partial charge on any atom is 0.220 e. The predicted octanol–water partition coefficient (Wildman–Crippen LogP) is 3.12. The van der Waals surface area contributed by atoms with E-state index in [0.717, 1.165) is 47.1 Å². The molecule has 1 fully saturated rings. The van der Waals surface area contributed by atoms with Gasteiger partial charge in [-0.3, -0.25) is 4.79 Å². The van der Waals surface area contributed by atoms with Crippen LogP contribution < -0.4 is 0 Å². The number of H-pyrrole nitrogens is 1. The van der Waals surface area contributed by atoms with Gasteiger partial charge < -0.3 is 9.88 Å². The summed E-state index contributed by atoms with van der Waals surface area (Å²) < 4.78 is 13.9. The van der Waals surface area contributed by atoms with Crippen LogP contribution in [-0.2, 0) is 11.2 Å². The number of amides is 1. The number of carbonyl (C=O) groups is 1. The minimum absolute atomic E-state index is 0.0159. The summed E-state index contributed by atoms with van der Waals surface area (Å²) in [4.78, 5) is 26.4. The molecule has 1 atom stereocenters. The molecule has 5 rings (SSSR count). The first-order valence-electron chi connectivity index (χ1n) is 8.45. The molecule has 1 saturated carbocycles. The van der Waals surface area contributed by atoms with Crippen LogP contribution in [-0.4, -0.2) is 31.3 Å². The van der Waals surface area contributed by atoms with E-state index < -0.39 is 0 Å². The fourth-order valence-corrected chi connectivity index (χ4v) is 4.31. The zero-order valence-electron chi connectivity index (χ0n) is 13.8. The molecule has 1 N–H and O–H groups in total. The van der Waals surface area contributed by atoms with Crippen LogP contribution in [0.15, 0.2) is 36.8 Å². The Kier molecular flexibility index (Phi) is 2.84. The quantitative estimate of drug-likeness (QED) is 0.743. The van der Waals surface area contributed by atoms with Gasteiger partial charge in [0.25, 0.3) is 0 Å². The fourth-order valence-electron chi connectivity index (χ4n) is 4.31. The summed E-state index contributed by atoms with van der Waals surface area (Å²) in [7, 11) is 0. The molecule has 1 aliphatic heterocycles. The van der Waals surface area contributed by atoms with Gasteiger partial charge in [-0.25, -0.2) is 14.4 Å². The van der Waals surface area contributed by atoms with E-state index in [1.165, 1.54) is 12.1 Å². The maximum absolute atomic E-state index is 13.9. The number of benzene rings is 1. The Balaban J connectivity index is 1.80. The van der Waals surface area contributed by atoms with Crippen molar-refractivity contribution in [1.29, 1.82) is 0 Å². The summed E-state index contributed by atoms with van der Waals surface area (Å²) in [6.07, 6.45) is 6.02. The van der Waals surface area contributed by atoms with E-state index in [2.05, 4.69) is 15.0 Å². The monoisotopic (exact) mass is 336 g/mol. The second-order valence-electron chi connectivity index (χ2n) is 7.05. The normalized spacial score (nSPS) is 20.7. The molecule has 0 bridgehead atoms. The number of aromatic amines is 1. The van der Waals surface area contributed by atoms with Crippen molar-refractivity contribution in [3.63, 3.8) is 0 Å². The van der Waals surface area contributed by atoms with Crippen molar-refractivity contribution in [3.8, 4) is 0 Å². The number of nitrogens with one attached hydrogen (secondary N) is 1. The Morgan fingerprint density at radius 1 is 1.40 bits per heavy atom. The summed E-state index contributed by atoms with van der Waals surface area (Å²) in [5.41, 5.74) is 4.42. The van der Waals surface area contributed by atoms with Gasteiger partial charge in [0.15, 0.2) is 0 Å². The molecule has 2 aliphatic rings. The highest BCUT2D eigenvalue weighted by Crippen LogP contribution is 2.54. The molecule has 0 radical (unpaired) electrons. The molecule has 25 heavy (non-hydrogen) atoms. The third-order valence-corrected chi connectivity index (χ3v) is 5.47. The fraction of sp³-hybridized carbons (Fsp3) is 0.316.